The first-order valence-corrected chi connectivity index (χ1v) is 12.5. The lowest BCUT2D eigenvalue weighted by molar-refractivity contribution is -0.115. The molecule has 174 valence electrons. The van der Waals surface area contributed by atoms with Gasteiger partial charge in [-0.2, -0.15) is 0 Å². The maximum Gasteiger partial charge on any atom is 0.264 e. The van der Waals surface area contributed by atoms with Crippen molar-refractivity contribution in [2.75, 3.05) is 11.4 Å². The predicted molar refractivity (Wildman–Crippen MR) is 138 cm³/mol. The summed E-state index contributed by atoms with van der Waals surface area (Å²) in [7, 11) is 0. The van der Waals surface area contributed by atoms with Crippen molar-refractivity contribution >= 4 is 40.3 Å². The summed E-state index contributed by atoms with van der Waals surface area (Å²) in [6.45, 7) is 11.8. The number of carbonyl (C=O) groups excluding carboxylic acids is 1. The second-order valence-corrected chi connectivity index (χ2v) is 10.5. The van der Waals surface area contributed by atoms with Crippen molar-refractivity contribution in [3.05, 3.63) is 63.8 Å². The summed E-state index contributed by atoms with van der Waals surface area (Å²) in [6.07, 6.45) is 4.62. The zero-order valence-electron chi connectivity index (χ0n) is 20.0. The first kappa shape index (κ1) is 23.6. The molecule has 33 heavy (non-hydrogen) atoms. The highest BCUT2D eigenvalue weighted by Gasteiger charge is 2.36. The van der Waals surface area contributed by atoms with E-state index in [2.05, 4.69) is 49.8 Å². The Bertz CT molecular complexity index is 1120. The number of nitrogens with one attached hydrogen (secondary N) is 1. The van der Waals surface area contributed by atoms with E-state index >= 15 is 4.39 Å². The lowest BCUT2D eigenvalue weighted by Gasteiger charge is -2.47. The molecule has 0 aliphatic carbocycles. The molecule has 2 aliphatic heterocycles. The van der Waals surface area contributed by atoms with E-state index in [-0.39, 0.29) is 17.3 Å². The van der Waals surface area contributed by atoms with Gasteiger partial charge in [-0.3, -0.25) is 4.79 Å². The first-order valence-electron chi connectivity index (χ1n) is 11.7. The van der Waals surface area contributed by atoms with E-state index in [1.54, 1.807) is 12.1 Å². The van der Waals surface area contributed by atoms with Gasteiger partial charge in [0.15, 0.2) is 5.17 Å². The molecule has 1 unspecified atom stereocenters. The van der Waals surface area contributed by atoms with E-state index in [0.29, 0.717) is 21.6 Å². The Labute approximate surface area is 200 Å². The second kappa shape index (κ2) is 9.34. The Kier molecular flexibility index (Phi) is 6.66. The van der Waals surface area contributed by atoms with Crippen LogP contribution in [0.1, 0.15) is 70.1 Å². The molecule has 1 atom stereocenters. The van der Waals surface area contributed by atoms with Gasteiger partial charge in [-0.25, -0.2) is 9.38 Å². The SMILES string of the molecule is CCCN1c2cc(F)c(/C=C3/SC(=Nc4ccc(CC)cc4)NC3=O)cc2C(C)CC1(C)C. The van der Waals surface area contributed by atoms with E-state index in [1.165, 1.54) is 17.3 Å². The molecule has 1 amide bonds. The van der Waals surface area contributed by atoms with Crippen LogP contribution in [0, 0.1) is 5.82 Å². The zero-order chi connectivity index (χ0) is 23.8. The summed E-state index contributed by atoms with van der Waals surface area (Å²) < 4.78 is 15.2. The van der Waals surface area contributed by atoms with Crippen molar-refractivity contribution in [1.82, 2.24) is 5.32 Å². The van der Waals surface area contributed by atoms with Gasteiger partial charge in [-0.05, 0) is 92.3 Å². The van der Waals surface area contributed by atoms with Crippen LogP contribution in [0.4, 0.5) is 15.8 Å². The molecule has 2 aromatic carbocycles. The van der Waals surface area contributed by atoms with Crippen LogP contribution < -0.4 is 10.2 Å². The number of hydrogen-bond donors (Lipinski definition) is 1. The van der Waals surface area contributed by atoms with Crippen LogP contribution in [0.15, 0.2) is 46.3 Å². The van der Waals surface area contributed by atoms with Gasteiger partial charge in [0.05, 0.1) is 10.6 Å². The van der Waals surface area contributed by atoms with Gasteiger partial charge in [-0.1, -0.05) is 32.9 Å². The number of fused-ring (bicyclic) bond motifs is 1. The molecule has 1 N–H and O–H groups in total. The Morgan fingerprint density at radius 2 is 1.97 bits per heavy atom. The molecule has 2 heterocycles. The number of nitrogens with zero attached hydrogens (tertiary/aromatic N) is 2. The van der Waals surface area contributed by atoms with Gasteiger partial charge in [0, 0.05) is 23.3 Å². The van der Waals surface area contributed by atoms with Crippen LogP contribution >= 0.6 is 11.8 Å². The van der Waals surface area contributed by atoms with Crippen molar-refractivity contribution in [3.63, 3.8) is 0 Å². The Morgan fingerprint density at radius 3 is 2.64 bits per heavy atom. The number of hydrogen-bond acceptors (Lipinski definition) is 4. The summed E-state index contributed by atoms with van der Waals surface area (Å²) in [5, 5.41) is 3.31. The maximum absolute atomic E-state index is 15.2. The molecule has 1 fully saturated rings. The monoisotopic (exact) mass is 465 g/mol. The van der Waals surface area contributed by atoms with Crippen LogP contribution in [0.25, 0.3) is 6.08 Å². The third-order valence-electron chi connectivity index (χ3n) is 6.46. The Hall–Kier alpha value is -2.60. The third-order valence-corrected chi connectivity index (χ3v) is 7.37. The average Bonchev–Trinajstić information content (AvgIpc) is 3.11. The van der Waals surface area contributed by atoms with Crippen LogP contribution in [0.5, 0.6) is 0 Å². The highest BCUT2D eigenvalue weighted by atomic mass is 32.2. The summed E-state index contributed by atoms with van der Waals surface area (Å²) in [6, 6.07) is 11.5. The average molecular weight is 466 g/mol. The fourth-order valence-corrected chi connectivity index (χ4v) is 5.66. The normalized spacial score (nSPS) is 22.1. The first-order chi connectivity index (χ1) is 15.7. The van der Waals surface area contributed by atoms with Crippen LogP contribution in [-0.4, -0.2) is 23.2 Å². The number of amides is 1. The van der Waals surface area contributed by atoms with Gasteiger partial charge in [-0.15, -0.1) is 0 Å². The van der Waals surface area contributed by atoms with Gasteiger partial charge in [0.1, 0.15) is 5.82 Å². The summed E-state index contributed by atoms with van der Waals surface area (Å²) in [5.41, 5.74) is 4.56. The molecule has 0 bridgehead atoms. The van der Waals surface area contributed by atoms with E-state index in [4.69, 9.17) is 0 Å². The summed E-state index contributed by atoms with van der Waals surface area (Å²) in [5.74, 6) is -0.238. The minimum Gasteiger partial charge on any atom is -0.366 e. The van der Waals surface area contributed by atoms with Gasteiger partial charge in [0.2, 0.25) is 0 Å². The van der Waals surface area contributed by atoms with Gasteiger partial charge < -0.3 is 10.2 Å². The molecule has 1 saturated heterocycles. The van der Waals surface area contributed by atoms with Crippen molar-refractivity contribution in [3.8, 4) is 0 Å². The zero-order valence-corrected chi connectivity index (χ0v) is 20.9. The predicted octanol–water partition coefficient (Wildman–Crippen LogP) is 6.78. The Morgan fingerprint density at radius 1 is 1.24 bits per heavy atom. The van der Waals surface area contributed by atoms with Crippen LogP contribution in [0.3, 0.4) is 0 Å². The van der Waals surface area contributed by atoms with Crippen molar-refractivity contribution < 1.29 is 9.18 Å². The Balaban J connectivity index is 1.63. The quantitative estimate of drug-likeness (QED) is 0.495. The fourth-order valence-electron chi connectivity index (χ4n) is 4.82. The molecule has 0 spiro atoms. The minimum absolute atomic E-state index is 0.0171. The number of benzene rings is 2. The van der Waals surface area contributed by atoms with E-state index in [1.807, 2.05) is 30.3 Å². The number of amidine groups is 1. The third kappa shape index (κ3) is 4.86. The standard InChI is InChI=1S/C27H32FN3OS/c1-6-12-31-23-15-22(28)19(13-21(23)17(3)16-27(31,4)5)14-24-25(32)30-26(33-24)29-20-10-8-18(7-2)9-11-20/h8-11,13-15,17H,6-7,12,16H2,1-5H3,(H,29,30,32)/b24-14+. The molecule has 0 radical (unpaired) electrons. The second-order valence-electron chi connectivity index (χ2n) is 9.50. The van der Waals surface area contributed by atoms with E-state index < -0.39 is 0 Å². The molecular formula is C27H32FN3OS. The minimum atomic E-state index is -0.304. The molecule has 0 saturated carbocycles. The fraction of sp³-hybridized carbons (Fsp3) is 0.407. The largest absolute Gasteiger partial charge is 0.366 e. The summed E-state index contributed by atoms with van der Waals surface area (Å²) in [4.78, 5) is 19.9. The molecule has 2 aliphatic rings. The highest BCUT2D eigenvalue weighted by Crippen LogP contribution is 2.44. The van der Waals surface area contributed by atoms with Gasteiger partial charge in [0.25, 0.3) is 5.91 Å². The maximum atomic E-state index is 15.2. The number of rotatable bonds is 5. The molecule has 6 heteroatoms. The van der Waals surface area contributed by atoms with Crippen LogP contribution in [0.2, 0.25) is 0 Å². The number of thioether (sulfide) groups is 1. The summed E-state index contributed by atoms with van der Waals surface area (Å²) >= 11 is 1.25. The topological polar surface area (TPSA) is 44.7 Å². The number of carbonyl (C=O) groups is 1. The molecule has 2 aromatic rings. The smallest absolute Gasteiger partial charge is 0.264 e. The van der Waals surface area contributed by atoms with Gasteiger partial charge >= 0.3 is 0 Å². The number of halogens is 1. The molecule has 0 aromatic heterocycles. The van der Waals surface area contributed by atoms with E-state index in [9.17, 15) is 4.79 Å². The number of anilines is 1. The van der Waals surface area contributed by atoms with Crippen molar-refractivity contribution in [2.45, 2.75) is 65.3 Å². The van der Waals surface area contributed by atoms with Crippen LogP contribution in [-0.2, 0) is 11.2 Å². The van der Waals surface area contributed by atoms with Crippen molar-refractivity contribution in [1.29, 1.82) is 0 Å². The van der Waals surface area contributed by atoms with Crippen molar-refractivity contribution in [2.24, 2.45) is 4.99 Å². The lowest BCUT2D eigenvalue weighted by atomic mass is 9.79. The highest BCUT2D eigenvalue weighted by molar-refractivity contribution is 8.18. The molecular weight excluding hydrogens is 433 g/mol. The molecule has 4 rings (SSSR count). The number of aliphatic imine (C=N–C) groups is 1. The molecule has 4 nitrogen and oxygen atoms in total. The van der Waals surface area contributed by atoms with E-state index in [0.717, 1.165) is 42.7 Å². The number of aryl methyl sites for hydroxylation is 1. The lowest BCUT2D eigenvalue weighted by Crippen LogP contribution is -2.48.